The highest BCUT2D eigenvalue weighted by molar-refractivity contribution is 6.30. The Hall–Kier alpha value is -1.75. The summed E-state index contributed by atoms with van der Waals surface area (Å²) in [6, 6.07) is 6.96. The summed E-state index contributed by atoms with van der Waals surface area (Å²) in [7, 11) is 0. The van der Waals surface area contributed by atoms with E-state index in [0.717, 1.165) is 19.3 Å². The highest BCUT2D eigenvalue weighted by atomic mass is 35.5. The van der Waals surface area contributed by atoms with Crippen molar-refractivity contribution in [3.05, 3.63) is 34.9 Å². The van der Waals surface area contributed by atoms with Crippen LogP contribution in [0.5, 0.6) is 0 Å². The second kappa shape index (κ2) is 7.21. The largest absolute Gasteiger partial charge is 0.444 e. The van der Waals surface area contributed by atoms with Crippen molar-refractivity contribution in [2.45, 2.75) is 38.7 Å². The van der Waals surface area contributed by atoms with E-state index in [1.165, 1.54) is 0 Å². The predicted molar refractivity (Wildman–Crippen MR) is 89.4 cm³/mol. The Bertz CT molecular complexity index is 564. The molecule has 0 aromatic heterocycles. The molecule has 2 rings (SSSR count). The SMILES string of the molecule is CC(C)(CC1CCN(C(=O)c2ccc(Cl)cc2)CC1)OC(N)=O. The topological polar surface area (TPSA) is 72.6 Å². The van der Waals surface area contributed by atoms with E-state index in [1.807, 2.05) is 18.7 Å². The van der Waals surface area contributed by atoms with Crippen molar-refractivity contribution in [2.24, 2.45) is 11.7 Å². The van der Waals surface area contributed by atoms with Crippen molar-refractivity contribution >= 4 is 23.6 Å². The minimum absolute atomic E-state index is 0.0350. The smallest absolute Gasteiger partial charge is 0.405 e. The maximum Gasteiger partial charge on any atom is 0.405 e. The zero-order valence-corrected chi connectivity index (χ0v) is 14.3. The van der Waals surface area contributed by atoms with E-state index in [2.05, 4.69) is 0 Å². The fraction of sp³-hybridized carbons (Fsp3) is 0.529. The molecule has 1 aliphatic rings. The summed E-state index contributed by atoms with van der Waals surface area (Å²) in [4.78, 5) is 25.2. The fourth-order valence-electron chi connectivity index (χ4n) is 3.12. The van der Waals surface area contributed by atoms with Gasteiger partial charge in [0.15, 0.2) is 0 Å². The molecular weight excluding hydrogens is 316 g/mol. The summed E-state index contributed by atoms with van der Waals surface area (Å²) in [6.45, 7) is 5.14. The van der Waals surface area contributed by atoms with Gasteiger partial charge in [0.1, 0.15) is 5.60 Å². The first kappa shape index (κ1) is 17.6. The van der Waals surface area contributed by atoms with Gasteiger partial charge in [0.25, 0.3) is 5.91 Å². The predicted octanol–water partition coefficient (Wildman–Crippen LogP) is 3.46. The Morgan fingerprint density at radius 2 is 1.83 bits per heavy atom. The first-order valence-electron chi connectivity index (χ1n) is 7.80. The Kier molecular flexibility index (Phi) is 5.52. The van der Waals surface area contributed by atoms with Crippen LogP contribution >= 0.6 is 11.6 Å². The number of hydrogen-bond acceptors (Lipinski definition) is 3. The van der Waals surface area contributed by atoms with Gasteiger partial charge in [-0.1, -0.05) is 11.6 Å². The zero-order chi connectivity index (χ0) is 17.0. The number of amides is 2. The number of benzene rings is 1. The molecule has 6 heteroatoms. The third-order valence-electron chi connectivity index (χ3n) is 4.15. The summed E-state index contributed by atoms with van der Waals surface area (Å²) in [5.41, 5.74) is 5.18. The number of ether oxygens (including phenoxy) is 1. The third kappa shape index (κ3) is 5.13. The number of halogens is 1. The van der Waals surface area contributed by atoms with Crippen LogP contribution in [0.25, 0.3) is 0 Å². The standard InChI is InChI=1S/C17H23ClN2O3/c1-17(2,23-16(19)22)11-12-7-9-20(10-8-12)15(21)13-3-5-14(18)6-4-13/h3-6,12H,7-11H2,1-2H3,(H2,19,22). The van der Waals surface area contributed by atoms with Crippen LogP contribution in [-0.4, -0.2) is 35.6 Å². The lowest BCUT2D eigenvalue weighted by atomic mass is 9.86. The van der Waals surface area contributed by atoms with E-state index in [0.29, 0.717) is 29.6 Å². The lowest BCUT2D eigenvalue weighted by Gasteiger charge is -2.35. The van der Waals surface area contributed by atoms with E-state index in [1.54, 1.807) is 24.3 Å². The molecule has 2 amide bonds. The molecule has 1 saturated heterocycles. The summed E-state index contributed by atoms with van der Waals surface area (Å²) < 4.78 is 5.14. The normalized spacial score (nSPS) is 16.2. The van der Waals surface area contributed by atoms with Gasteiger partial charge in [-0.2, -0.15) is 0 Å². The minimum atomic E-state index is -0.745. The van der Waals surface area contributed by atoms with Crippen LogP contribution in [0.15, 0.2) is 24.3 Å². The van der Waals surface area contributed by atoms with Gasteiger partial charge >= 0.3 is 6.09 Å². The molecule has 0 saturated carbocycles. The molecule has 1 aromatic rings. The first-order valence-corrected chi connectivity index (χ1v) is 8.18. The minimum Gasteiger partial charge on any atom is -0.444 e. The molecule has 126 valence electrons. The van der Waals surface area contributed by atoms with Crippen LogP contribution in [0.1, 0.15) is 43.5 Å². The molecule has 2 N–H and O–H groups in total. The lowest BCUT2D eigenvalue weighted by Crippen LogP contribution is -2.41. The molecule has 0 radical (unpaired) electrons. The van der Waals surface area contributed by atoms with E-state index in [4.69, 9.17) is 22.1 Å². The Morgan fingerprint density at radius 3 is 2.35 bits per heavy atom. The van der Waals surface area contributed by atoms with Crippen molar-refractivity contribution in [1.29, 1.82) is 0 Å². The summed E-state index contributed by atoms with van der Waals surface area (Å²) in [5, 5.41) is 0.622. The lowest BCUT2D eigenvalue weighted by molar-refractivity contribution is 0.0174. The second-order valence-electron chi connectivity index (χ2n) is 6.63. The van der Waals surface area contributed by atoms with Crippen LogP contribution in [0, 0.1) is 5.92 Å². The van der Waals surface area contributed by atoms with Crippen molar-refractivity contribution in [3.8, 4) is 0 Å². The van der Waals surface area contributed by atoms with Crippen molar-refractivity contribution in [1.82, 2.24) is 4.90 Å². The molecule has 1 heterocycles. The van der Waals surface area contributed by atoms with Gasteiger partial charge in [0.2, 0.25) is 0 Å². The zero-order valence-electron chi connectivity index (χ0n) is 13.5. The van der Waals surface area contributed by atoms with Crippen LogP contribution in [0.4, 0.5) is 4.79 Å². The number of piperidine rings is 1. The number of nitrogens with two attached hydrogens (primary N) is 1. The maximum atomic E-state index is 12.4. The molecule has 0 unspecified atom stereocenters. The molecule has 1 fully saturated rings. The van der Waals surface area contributed by atoms with E-state index < -0.39 is 11.7 Å². The van der Waals surface area contributed by atoms with E-state index in [9.17, 15) is 9.59 Å². The van der Waals surface area contributed by atoms with E-state index >= 15 is 0 Å². The van der Waals surface area contributed by atoms with Crippen LogP contribution in [0.2, 0.25) is 5.02 Å². The number of primary amides is 1. The molecule has 0 spiro atoms. The number of likely N-dealkylation sites (tertiary alicyclic amines) is 1. The average molecular weight is 339 g/mol. The number of nitrogens with zero attached hydrogens (tertiary/aromatic N) is 1. The molecule has 1 aliphatic heterocycles. The molecule has 0 atom stereocenters. The van der Waals surface area contributed by atoms with Crippen LogP contribution < -0.4 is 5.73 Å². The Morgan fingerprint density at radius 1 is 1.26 bits per heavy atom. The number of hydrogen-bond donors (Lipinski definition) is 1. The van der Waals surface area contributed by atoms with Crippen LogP contribution in [-0.2, 0) is 4.74 Å². The average Bonchev–Trinajstić information content (AvgIpc) is 2.46. The van der Waals surface area contributed by atoms with Crippen molar-refractivity contribution in [2.75, 3.05) is 13.1 Å². The van der Waals surface area contributed by atoms with Gasteiger partial charge < -0.3 is 15.4 Å². The van der Waals surface area contributed by atoms with Gasteiger partial charge in [-0.05, 0) is 63.3 Å². The maximum absolute atomic E-state index is 12.4. The highest BCUT2D eigenvalue weighted by Crippen LogP contribution is 2.29. The summed E-state index contributed by atoms with van der Waals surface area (Å²) >= 11 is 5.85. The Balaban J connectivity index is 1.87. The monoisotopic (exact) mass is 338 g/mol. The molecule has 0 bridgehead atoms. The van der Waals surface area contributed by atoms with Crippen molar-refractivity contribution < 1.29 is 14.3 Å². The second-order valence-corrected chi connectivity index (χ2v) is 7.06. The summed E-state index contributed by atoms with van der Waals surface area (Å²) in [6.07, 6.45) is 1.79. The number of carbonyl (C=O) groups is 2. The van der Waals surface area contributed by atoms with Gasteiger partial charge in [-0.15, -0.1) is 0 Å². The molecule has 5 nitrogen and oxygen atoms in total. The molecular formula is C17H23ClN2O3. The Labute approximate surface area is 141 Å². The highest BCUT2D eigenvalue weighted by Gasteiger charge is 2.30. The van der Waals surface area contributed by atoms with Crippen molar-refractivity contribution in [3.63, 3.8) is 0 Å². The molecule has 0 aliphatic carbocycles. The quantitative estimate of drug-likeness (QED) is 0.913. The summed E-state index contributed by atoms with van der Waals surface area (Å²) in [5.74, 6) is 0.450. The van der Waals surface area contributed by atoms with E-state index in [-0.39, 0.29) is 5.91 Å². The number of rotatable bonds is 4. The van der Waals surface area contributed by atoms with Gasteiger partial charge in [0, 0.05) is 23.7 Å². The van der Waals surface area contributed by atoms with Gasteiger partial charge in [-0.3, -0.25) is 4.79 Å². The molecule has 1 aromatic carbocycles. The molecule has 23 heavy (non-hydrogen) atoms. The van der Waals surface area contributed by atoms with Gasteiger partial charge in [0.05, 0.1) is 0 Å². The first-order chi connectivity index (χ1) is 10.8. The van der Waals surface area contributed by atoms with Crippen LogP contribution in [0.3, 0.4) is 0 Å². The number of carbonyl (C=O) groups excluding carboxylic acids is 2. The third-order valence-corrected chi connectivity index (χ3v) is 4.40. The van der Waals surface area contributed by atoms with Gasteiger partial charge in [-0.25, -0.2) is 4.79 Å². The fourth-order valence-corrected chi connectivity index (χ4v) is 3.25.